The highest BCUT2D eigenvalue weighted by Gasteiger charge is 2.33. The normalized spacial score (nSPS) is 16.2. The Morgan fingerprint density at radius 2 is 1.33 bits per heavy atom. The largest absolute Gasteiger partial charge is 0.368 e. The number of hydrogen-bond donors (Lipinski definition) is 7. The Bertz CT molecular complexity index is 1510. The molecule has 14 nitrogen and oxygen atoms in total. The maximum atomic E-state index is 13.8. The smallest absolute Gasteiger partial charge is 0.243 e. The Kier molecular flexibility index (Phi) is 16.4. The molecule has 0 spiro atoms. The fourth-order valence-corrected chi connectivity index (χ4v) is 5.98. The van der Waals surface area contributed by atoms with Gasteiger partial charge in [0, 0.05) is 19.3 Å². The topological polar surface area (TPSA) is 218 Å². The molecule has 7 amide bonds. The van der Waals surface area contributed by atoms with Crippen molar-refractivity contribution < 1.29 is 33.6 Å². The van der Waals surface area contributed by atoms with Crippen molar-refractivity contribution in [2.45, 2.75) is 82.6 Å². The van der Waals surface area contributed by atoms with E-state index in [1.807, 2.05) is 44.4 Å². The van der Waals surface area contributed by atoms with Gasteiger partial charge in [0.25, 0.3) is 0 Å². The van der Waals surface area contributed by atoms with Gasteiger partial charge in [-0.25, -0.2) is 0 Å². The minimum absolute atomic E-state index is 0.00796. The highest BCUT2D eigenvalue weighted by Crippen LogP contribution is 2.11. The van der Waals surface area contributed by atoms with Gasteiger partial charge in [-0.2, -0.15) is 11.8 Å². The van der Waals surface area contributed by atoms with Crippen LogP contribution in [-0.4, -0.2) is 90.1 Å². The first-order valence-corrected chi connectivity index (χ1v) is 18.4. The molecular formula is C36H49N7O7S. The lowest BCUT2D eigenvalue weighted by Gasteiger charge is -2.25. The van der Waals surface area contributed by atoms with E-state index in [9.17, 15) is 33.6 Å². The summed E-state index contributed by atoms with van der Waals surface area (Å²) >= 11 is 1.50. The third kappa shape index (κ3) is 14.1. The Balaban J connectivity index is 1.73. The Labute approximate surface area is 302 Å². The van der Waals surface area contributed by atoms with Crippen molar-refractivity contribution >= 4 is 53.1 Å². The molecule has 0 radical (unpaired) electrons. The van der Waals surface area contributed by atoms with Gasteiger partial charge >= 0.3 is 0 Å². The average Bonchev–Trinajstić information content (AvgIpc) is 3.54. The van der Waals surface area contributed by atoms with Crippen molar-refractivity contribution in [1.82, 2.24) is 31.9 Å². The molecule has 15 heteroatoms. The fourth-order valence-electron chi connectivity index (χ4n) is 5.51. The predicted octanol–water partition coefficient (Wildman–Crippen LogP) is 0.0903. The third-order valence-corrected chi connectivity index (χ3v) is 8.84. The minimum Gasteiger partial charge on any atom is -0.368 e. The van der Waals surface area contributed by atoms with Gasteiger partial charge in [-0.1, -0.05) is 74.5 Å². The summed E-state index contributed by atoms with van der Waals surface area (Å²) < 4.78 is 0. The van der Waals surface area contributed by atoms with Crippen LogP contribution in [0, 0.1) is 5.92 Å². The number of nitrogens with two attached hydrogens (primary N) is 1. The number of primary amides is 1. The molecule has 8 N–H and O–H groups in total. The van der Waals surface area contributed by atoms with E-state index in [4.69, 9.17) is 5.73 Å². The number of carbonyl (C=O) groups excluding carboxylic acids is 7. The molecular weight excluding hydrogens is 675 g/mol. The minimum atomic E-state index is -1.14. The van der Waals surface area contributed by atoms with Crippen LogP contribution in [0.25, 0.3) is 0 Å². The van der Waals surface area contributed by atoms with Crippen molar-refractivity contribution in [3.63, 3.8) is 0 Å². The molecule has 0 aromatic heterocycles. The number of rotatable bonds is 20. The molecule has 1 aliphatic rings. The maximum absolute atomic E-state index is 13.8. The highest BCUT2D eigenvalue weighted by molar-refractivity contribution is 7.98. The van der Waals surface area contributed by atoms with Gasteiger partial charge in [0.05, 0.1) is 6.54 Å². The summed E-state index contributed by atoms with van der Waals surface area (Å²) in [6.45, 7) is 3.25. The molecule has 1 saturated heterocycles. The molecule has 0 aliphatic carbocycles. The van der Waals surface area contributed by atoms with E-state index < -0.39 is 72.2 Å². The summed E-state index contributed by atoms with van der Waals surface area (Å²) in [5, 5.41) is 15.9. The van der Waals surface area contributed by atoms with Crippen LogP contribution in [0.15, 0.2) is 60.7 Å². The summed E-state index contributed by atoms with van der Waals surface area (Å²) in [5.74, 6) is -3.34. The predicted molar refractivity (Wildman–Crippen MR) is 194 cm³/mol. The first-order valence-electron chi connectivity index (χ1n) is 17.0. The number of nitrogens with one attached hydrogen (secondary N) is 6. The zero-order valence-corrected chi connectivity index (χ0v) is 30.1. The molecule has 1 heterocycles. The van der Waals surface area contributed by atoms with Gasteiger partial charge in [-0.05, 0) is 48.3 Å². The molecule has 2 aromatic rings. The Morgan fingerprint density at radius 3 is 1.84 bits per heavy atom. The van der Waals surface area contributed by atoms with Gasteiger partial charge in [-0.15, -0.1) is 0 Å². The quantitative estimate of drug-likeness (QED) is 0.0991. The van der Waals surface area contributed by atoms with Crippen molar-refractivity contribution in [1.29, 1.82) is 0 Å². The van der Waals surface area contributed by atoms with Crippen LogP contribution < -0.4 is 37.6 Å². The molecule has 0 bridgehead atoms. The number of carbonyl (C=O) groups is 7. The monoisotopic (exact) mass is 723 g/mol. The van der Waals surface area contributed by atoms with E-state index in [1.165, 1.54) is 11.8 Å². The van der Waals surface area contributed by atoms with Gasteiger partial charge in [-0.3, -0.25) is 33.6 Å². The van der Waals surface area contributed by atoms with Crippen LogP contribution in [-0.2, 0) is 46.4 Å². The SMILES string of the molecule is CSCC[C@H](NC(=O)[C@H](CC(C)C)NC(=O)CNC(=O)[C@H](Cc1ccccc1)NC(=O)[C@H](Cc1ccccc1)NC(=O)[C@@H]1CCC(=O)N1)C(N)=O. The highest BCUT2D eigenvalue weighted by atomic mass is 32.2. The summed E-state index contributed by atoms with van der Waals surface area (Å²) in [7, 11) is 0. The molecule has 1 aliphatic heterocycles. The number of thioether (sulfide) groups is 1. The molecule has 1 fully saturated rings. The first-order chi connectivity index (χ1) is 24.4. The van der Waals surface area contributed by atoms with Crippen LogP contribution in [0.1, 0.15) is 50.7 Å². The second-order valence-electron chi connectivity index (χ2n) is 12.9. The zero-order chi connectivity index (χ0) is 37.3. The van der Waals surface area contributed by atoms with Crippen molar-refractivity contribution in [3.8, 4) is 0 Å². The average molecular weight is 724 g/mol. The van der Waals surface area contributed by atoms with Gasteiger partial charge in [0.15, 0.2) is 0 Å². The first kappa shape index (κ1) is 40.5. The fraction of sp³-hybridized carbons (Fsp3) is 0.472. The van der Waals surface area contributed by atoms with E-state index >= 15 is 0 Å². The van der Waals surface area contributed by atoms with Gasteiger partial charge in [0.1, 0.15) is 30.2 Å². The van der Waals surface area contributed by atoms with Crippen molar-refractivity contribution in [2.75, 3.05) is 18.6 Å². The zero-order valence-electron chi connectivity index (χ0n) is 29.2. The molecule has 2 aromatic carbocycles. The second kappa shape index (κ2) is 20.7. The summed E-state index contributed by atoms with van der Waals surface area (Å²) in [6, 6.07) is 13.1. The molecule has 276 valence electrons. The van der Waals surface area contributed by atoms with Crippen molar-refractivity contribution in [3.05, 3.63) is 71.8 Å². The van der Waals surface area contributed by atoms with E-state index in [-0.39, 0.29) is 37.5 Å². The van der Waals surface area contributed by atoms with E-state index in [2.05, 4.69) is 31.9 Å². The lowest BCUT2D eigenvalue weighted by molar-refractivity contribution is -0.134. The molecule has 3 rings (SSSR count). The van der Waals surface area contributed by atoms with Crippen LogP contribution in [0.2, 0.25) is 0 Å². The summed E-state index contributed by atoms with van der Waals surface area (Å²) in [6.07, 6.45) is 3.17. The van der Waals surface area contributed by atoms with E-state index in [1.54, 1.807) is 36.4 Å². The number of amides is 7. The van der Waals surface area contributed by atoms with Crippen LogP contribution in [0.3, 0.4) is 0 Å². The molecule has 51 heavy (non-hydrogen) atoms. The maximum Gasteiger partial charge on any atom is 0.243 e. The number of hydrogen-bond acceptors (Lipinski definition) is 8. The van der Waals surface area contributed by atoms with E-state index in [0.717, 1.165) is 11.1 Å². The van der Waals surface area contributed by atoms with Gasteiger partial charge in [0.2, 0.25) is 41.4 Å². The number of benzene rings is 2. The summed E-state index contributed by atoms with van der Waals surface area (Å²) in [4.78, 5) is 90.2. The van der Waals surface area contributed by atoms with Crippen LogP contribution in [0.4, 0.5) is 0 Å². The lowest BCUT2D eigenvalue weighted by Crippen LogP contribution is -2.58. The van der Waals surface area contributed by atoms with Crippen molar-refractivity contribution in [2.24, 2.45) is 11.7 Å². The molecule has 5 atom stereocenters. The second-order valence-corrected chi connectivity index (χ2v) is 13.9. The Hall–Kier alpha value is -4.92. The summed E-state index contributed by atoms with van der Waals surface area (Å²) in [5.41, 5.74) is 6.98. The van der Waals surface area contributed by atoms with E-state index in [0.29, 0.717) is 18.6 Å². The third-order valence-electron chi connectivity index (χ3n) is 8.20. The van der Waals surface area contributed by atoms with Crippen LogP contribution in [0.5, 0.6) is 0 Å². The molecule has 0 saturated carbocycles. The molecule has 0 unspecified atom stereocenters. The standard InChI is InChI=1S/C36H49N7O7S/c1-22(2)18-27(35(49)41-25(32(37)46)16-17-51-3)40-31(45)21-38-33(47)28(19-23-10-6-4-7-11-23)42-36(50)29(20-24-12-8-5-9-13-24)43-34(48)26-14-15-30(44)39-26/h4-13,22,25-29H,14-21H2,1-3H3,(H2,37,46)(H,38,47)(H,39,44)(H,40,45)(H,41,49)(H,42,50)(H,43,48)/t25-,26-,27-,28-,29-/m0/s1. The van der Waals surface area contributed by atoms with Gasteiger partial charge < -0.3 is 37.6 Å². The lowest BCUT2D eigenvalue weighted by atomic mass is 10.0. The van der Waals surface area contributed by atoms with Crippen LogP contribution >= 0.6 is 11.8 Å². The Morgan fingerprint density at radius 1 is 0.784 bits per heavy atom.